The fourth-order valence-corrected chi connectivity index (χ4v) is 0.820. The monoisotopic (exact) mass is 132 g/mol. The first-order chi connectivity index (χ1) is 4.13. The largest absolute Gasteiger partial charge is 0.388 e. The summed E-state index contributed by atoms with van der Waals surface area (Å²) in [5, 5.41) is 18.4. The van der Waals surface area contributed by atoms with Crippen LogP contribution in [-0.2, 0) is 4.74 Å². The number of ether oxygens (including phenoxy) is 1. The molecule has 1 heterocycles. The molecule has 0 unspecified atom stereocenters. The Bertz CT molecular complexity index is 100. The molecule has 3 nitrogen and oxygen atoms in total. The van der Waals surface area contributed by atoms with Crippen LogP contribution in [0, 0.1) is 0 Å². The molecule has 1 fully saturated rings. The lowest BCUT2D eigenvalue weighted by molar-refractivity contribution is -0.142. The number of rotatable bonds is 0. The van der Waals surface area contributed by atoms with Crippen molar-refractivity contribution in [2.75, 3.05) is 13.2 Å². The predicted molar refractivity (Wildman–Crippen MR) is 32.1 cm³/mol. The van der Waals surface area contributed by atoms with Gasteiger partial charge in [0.25, 0.3) is 0 Å². The molecule has 9 heavy (non-hydrogen) atoms. The molecule has 0 bridgehead atoms. The third-order valence-electron chi connectivity index (χ3n) is 1.75. The summed E-state index contributed by atoms with van der Waals surface area (Å²) >= 11 is 0. The highest BCUT2D eigenvalue weighted by atomic mass is 16.5. The Morgan fingerprint density at radius 2 is 2.33 bits per heavy atom. The van der Waals surface area contributed by atoms with Crippen LogP contribution in [0.25, 0.3) is 0 Å². The zero-order valence-electron chi connectivity index (χ0n) is 5.50. The van der Waals surface area contributed by atoms with Crippen molar-refractivity contribution in [1.29, 1.82) is 0 Å². The van der Waals surface area contributed by atoms with Gasteiger partial charge in [-0.3, -0.25) is 0 Å². The number of hydrogen-bond acceptors (Lipinski definition) is 3. The molecule has 3 heteroatoms. The molecule has 1 saturated heterocycles. The smallest absolute Gasteiger partial charge is 0.106 e. The van der Waals surface area contributed by atoms with Crippen LogP contribution >= 0.6 is 0 Å². The van der Waals surface area contributed by atoms with Crippen LogP contribution in [-0.4, -0.2) is 35.1 Å². The molecule has 0 spiro atoms. The first-order valence-corrected chi connectivity index (χ1v) is 3.11. The van der Waals surface area contributed by atoms with Gasteiger partial charge in [0.1, 0.15) is 6.10 Å². The van der Waals surface area contributed by atoms with Gasteiger partial charge >= 0.3 is 0 Å². The summed E-state index contributed by atoms with van der Waals surface area (Å²) in [7, 11) is 0. The SMILES string of the molecule is C[C@@]1(O)CCOC[C@H]1O. The van der Waals surface area contributed by atoms with Gasteiger partial charge in [-0.1, -0.05) is 0 Å². The van der Waals surface area contributed by atoms with Gasteiger partial charge in [-0.2, -0.15) is 0 Å². The molecule has 0 aliphatic carbocycles. The minimum absolute atomic E-state index is 0.257. The summed E-state index contributed by atoms with van der Waals surface area (Å²) in [5.41, 5.74) is -0.932. The molecule has 0 aromatic heterocycles. The van der Waals surface area contributed by atoms with Gasteiger partial charge in [-0.05, 0) is 6.92 Å². The van der Waals surface area contributed by atoms with E-state index in [-0.39, 0.29) is 6.61 Å². The zero-order valence-corrected chi connectivity index (χ0v) is 5.50. The summed E-state index contributed by atoms with van der Waals surface area (Å²) in [6, 6.07) is 0. The highest BCUT2D eigenvalue weighted by Gasteiger charge is 2.33. The third-order valence-corrected chi connectivity index (χ3v) is 1.75. The van der Waals surface area contributed by atoms with Crippen LogP contribution in [0.5, 0.6) is 0 Å². The standard InChI is InChI=1S/C6H12O3/c1-6(8)2-3-9-4-5(6)7/h5,7-8H,2-4H2,1H3/t5-,6-/m1/s1. The highest BCUT2D eigenvalue weighted by Crippen LogP contribution is 2.19. The molecule has 0 aromatic carbocycles. The van der Waals surface area contributed by atoms with E-state index in [9.17, 15) is 5.11 Å². The van der Waals surface area contributed by atoms with Crippen LogP contribution in [0.1, 0.15) is 13.3 Å². The Hall–Kier alpha value is -0.120. The van der Waals surface area contributed by atoms with Gasteiger partial charge in [-0.25, -0.2) is 0 Å². The van der Waals surface area contributed by atoms with Crippen LogP contribution < -0.4 is 0 Å². The third kappa shape index (κ3) is 1.41. The van der Waals surface area contributed by atoms with Gasteiger partial charge in [-0.15, -0.1) is 0 Å². The second-order valence-electron chi connectivity index (χ2n) is 2.70. The minimum Gasteiger partial charge on any atom is -0.388 e. The van der Waals surface area contributed by atoms with Gasteiger partial charge in [0.15, 0.2) is 0 Å². The van der Waals surface area contributed by atoms with Crippen molar-refractivity contribution in [1.82, 2.24) is 0 Å². The number of aliphatic hydroxyl groups is 2. The summed E-state index contributed by atoms with van der Waals surface area (Å²) in [6.45, 7) is 2.43. The van der Waals surface area contributed by atoms with Crippen molar-refractivity contribution in [3.8, 4) is 0 Å². The first kappa shape index (κ1) is 6.99. The van der Waals surface area contributed by atoms with E-state index >= 15 is 0 Å². The average molecular weight is 132 g/mol. The summed E-state index contributed by atoms with van der Waals surface area (Å²) in [4.78, 5) is 0. The lowest BCUT2D eigenvalue weighted by atomic mass is 9.94. The van der Waals surface area contributed by atoms with E-state index in [1.54, 1.807) is 6.92 Å². The van der Waals surface area contributed by atoms with E-state index in [2.05, 4.69) is 0 Å². The lowest BCUT2D eigenvalue weighted by Gasteiger charge is -2.32. The Labute approximate surface area is 54.3 Å². The molecular weight excluding hydrogens is 120 g/mol. The molecule has 0 saturated carbocycles. The second-order valence-corrected chi connectivity index (χ2v) is 2.70. The van der Waals surface area contributed by atoms with Gasteiger partial charge in [0.05, 0.1) is 12.2 Å². The molecule has 0 amide bonds. The quantitative estimate of drug-likeness (QED) is 0.468. The molecule has 2 N–H and O–H groups in total. The van der Waals surface area contributed by atoms with Crippen molar-refractivity contribution in [3.05, 3.63) is 0 Å². The second kappa shape index (κ2) is 2.25. The molecule has 1 aliphatic heterocycles. The molecule has 1 rings (SSSR count). The van der Waals surface area contributed by atoms with E-state index in [1.165, 1.54) is 0 Å². The van der Waals surface area contributed by atoms with E-state index in [0.717, 1.165) is 0 Å². The maximum atomic E-state index is 9.31. The summed E-state index contributed by atoms with van der Waals surface area (Å²) in [5.74, 6) is 0. The predicted octanol–water partition coefficient (Wildman–Crippen LogP) is -0.481. The first-order valence-electron chi connectivity index (χ1n) is 3.11. The highest BCUT2D eigenvalue weighted by molar-refractivity contribution is 4.84. The van der Waals surface area contributed by atoms with E-state index in [4.69, 9.17) is 9.84 Å². The Kier molecular flexibility index (Phi) is 1.75. The topological polar surface area (TPSA) is 49.7 Å². The Morgan fingerprint density at radius 1 is 1.67 bits per heavy atom. The van der Waals surface area contributed by atoms with E-state index in [1.807, 2.05) is 0 Å². The molecule has 0 radical (unpaired) electrons. The molecule has 1 aliphatic rings. The zero-order chi connectivity index (χ0) is 6.91. The Morgan fingerprint density at radius 3 is 2.67 bits per heavy atom. The Balaban J connectivity index is 2.49. The fourth-order valence-electron chi connectivity index (χ4n) is 0.820. The summed E-state index contributed by atoms with van der Waals surface area (Å²) in [6.07, 6.45) is -0.194. The lowest BCUT2D eigenvalue weighted by Crippen LogP contribution is -2.46. The van der Waals surface area contributed by atoms with Gasteiger partial charge < -0.3 is 14.9 Å². The maximum Gasteiger partial charge on any atom is 0.106 e. The summed E-state index contributed by atoms with van der Waals surface area (Å²) < 4.78 is 4.91. The van der Waals surface area contributed by atoms with Crippen LogP contribution in [0.3, 0.4) is 0 Å². The van der Waals surface area contributed by atoms with E-state index in [0.29, 0.717) is 13.0 Å². The minimum atomic E-state index is -0.932. The molecular formula is C6H12O3. The van der Waals surface area contributed by atoms with Gasteiger partial charge in [0.2, 0.25) is 0 Å². The van der Waals surface area contributed by atoms with E-state index < -0.39 is 11.7 Å². The average Bonchev–Trinajstić information content (AvgIpc) is 1.77. The van der Waals surface area contributed by atoms with Crippen molar-refractivity contribution in [2.45, 2.75) is 25.0 Å². The molecule has 54 valence electrons. The number of hydrogen-bond donors (Lipinski definition) is 2. The maximum absolute atomic E-state index is 9.31. The fraction of sp³-hybridized carbons (Fsp3) is 1.00. The van der Waals surface area contributed by atoms with Crippen molar-refractivity contribution >= 4 is 0 Å². The van der Waals surface area contributed by atoms with Crippen molar-refractivity contribution in [2.24, 2.45) is 0 Å². The van der Waals surface area contributed by atoms with Gasteiger partial charge in [0, 0.05) is 13.0 Å². The molecule has 0 aromatic rings. The van der Waals surface area contributed by atoms with Crippen LogP contribution in [0.15, 0.2) is 0 Å². The van der Waals surface area contributed by atoms with Crippen LogP contribution in [0.2, 0.25) is 0 Å². The van der Waals surface area contributed by atoms with Crippen molar-refractivity contribution < 1.29 is 14.9 Å². The van der Waals surface area contributed by atoms with Crippen molar-refractivity contribution in [3.63, 3.8) is 0 Å². The number of aliphatic hydroxyl groups excluding tert-OH is 1. The van der Waals surface area contributed by atoms with Crippen LogP contribution in [0.4, 0.5) is 0 Å². The normalized spacial score (nSPS) is 45.0. The molecule has 2 atom stereocenters.